The number of halogens is 2. The van der Waals surface area contributed by atoms with E-state index < -0.39 is 20.8 Å². The van der Waals surface area contributed by atoms with Gasteiger partial charge in [0.2, 0.25) is 0 Å². The van der Waals surface area contributed by atoms with E-state index >= 15 is 0 Å². The van der Waals surface area contributed by atoms with Crippen LogP contribution in [0.25, 0.3) is 0 Å². The van der Waals surface area contributed by atoms with Crippen molar-refractivity contribution in [2.75, 3.05) is 14.2 Å². The van der Waals surface area contributed by atoms with Gasteiger partial charge in [-0.15, -0.1) is 0 Å². The molecule has 1 aromatic rings. The van der Waals surface area contributed by atoms with Crippen LogP contribution in [0.5, 0.6) is 5.75 Å². The van der Waals surface area contributed by atoms with Crippen molar-refractivity contribution < 1.29 is 25.6 Å². The quantitative estimate of drug-likeness (QED) is 0.599. The van der Waals surface area contributed by atoms with Crippen LogP contribution < -0.4 is 4.74 Å². The van der Waals surface area contributed by atoms with Crippen molar-refractivity contribution in [1.29, 1.82) is 0 Å². The Balaban J connectivity index is 0.000000673. The summed E-state index contributed by atoms with van der Waals surface area (Å²) < 4.78 is 5.13. The first-order valence-corrected chi connectivity index (χ1v) is 11.1. The minimum atomic E-state index is -0.826. The monoisotopic (exact) mass is 354 g/mol. The molecule has 0 aliphatic heterocycles. The fourth-order valence-electron chi connectivity index (χ4n) is 1.12. The van der Waals surface area contributed by atoms with Crippen LogP contribution in [0.1, 0.15) is 11.1 Å². The third-order valence-electron chi connectivity index (χ3n) is 1.78. The summed E-state index contributed by atoms with van der Waals surface area (Å²) in [7, 11) is 13.2. The standard InChI is InChI=1S/C10H13NOS.2ClH.Zr/c1-7-4-9(12-3)5-8(6-11-2)10(7)13;;;/h4-6,13H,1-3H3;2*1H;/q;;;+2/p-3. The van der Waals surface area contributed by atoms with Gasteiger partial charge in [-0.2, -0.15) is 4.90 Å². The maximum absolute atomic E-state index is 5.22. The molecule has 0 N–H and O–H groups in total. The molecule has 0 aliphatic rings. The SMILES string of the molecule is CN=Cc1cc(OC)cc(C)c1[S-].[Cl][Zr][Cl]. The minimum absolute atomic E-state index is 0.820. The Morgan fingerprint density at radius 2 is 2.00 bits per heavy atom. The van der Waals surface area contributed by atoms with E-state index in [4.69, 9.17) is 34.4 Å². The van der Waals surface area contributed by atoms with E-state index in [9.17, 15) is 0 Å². The maximum atomic E-state index is 5.22. The third-order valence-corrected chi connectivity index (χ3v) is 2.34. The second kappa shape index (κ2) is 9.41. The van der Waals surface area contributed by atoms with Crippen molar-refractivity contribution in [2.24, 2.45) is 4.99 Å². The Bertz CT molecular complexity index is 361. The molecule has 0 fully saturated rings. The fourth-order valence-corrected chi connectivity index (χ4v) is 1.29. The number of methoxy groups -OCH3 is 1. The van der Waals surface area contributed by atoms with Gasteiger partial charge in [-0.25, -0.2) is 0 Å². The molecule has 0 amide bonds. The van der Waals surface area contributed by atoms with Crippen LogP contribution in [0.4, 0.5) is 0 Å². The second-order valence-electron chi connectivity index (χ2n) is 2.82. The topological polar surface area (TPSA) is 21.6 Å². The molecule has 16 heavy (non-hydrogen) atoms. The van der Waals surface area contributed by atoms with Crippen molar-refractivity contribution in [2.45, 2.75) is 11.8 Å². The summed E-state index contributed by atoms with van der Waals surface area (Å²) in [5.74, 6) is 0.820. The van der Waals surface area contributed by atoms with Gasteiger partial charge in [-0.3, -0.25) is 4.99 Å². The zero-order chi connectivity index (χ0) is 12.6. The molecule has 0 saturated carbocycles. The number of aryl methyl sites for hydroxylation is 1. The van der Waals surface area contributed by atoms with Crippen LogP contribution in [0, 0.1) is 6.92 Å². The molecule has 0 heterocycles. The second-order valence-corrected chi connectivity index (χ2v) is 6.96. The number of ether oxygens (including phenoxy) is 1. The van der Waals surface area contributed by atoms with Crippen LogP contribution in [0.3, 0.4) is 0 Å². The molecule has 0 atom stereocenters. The molecule has 2 nitrogen and oxygen atoms in total. The van der Waals surface area contributed by atoms with Gasteiger partial charge in [0, 0.05) is 13.3 Å². The first kappa shape index (κ1) is 16.4. The molecular formula is C10H12Cl2NOSZr-. The van der Waals surface area contributed by atoms with E-state index in [0.717, 1.165) is 21.8 Å². The average molecular weight is 356 g/mol. The molecule has 0 bridgehead atoms. The molecule has 0 aromatic heterocycles. The van der Waals surface area contributed by atoms with Crippen LogP contribution >= 0.6 is 17.0 Å². The molecule has 1 aromatic carbocycles. The zero-order valence-electron chi connectivity index (χ0n) is 9.25. The average Bonchev–Trinajstić information content (AvgIpc) is 2.26. The molecule has 6 heteroatoms. The number of aliphatic imine (C=N–C) groups is 1. The Morgan fingerprint density at radius 1 is 1.44 bits per heavy atom. The van der Waals surface area contributed by atoms with E-state index in [1.807, 2.05) is 19.1 Å². The van der Waals surface area contributed by atoms with Crippen molar-refractivity contribution >= 4 is 35.9 Å². The Morgan fingerprint density at radius 3 is 2.44 bits per heavy atom. The third kappa shape index (κ3) is 5.63. The molecule has 0 aliphatic carbocycles. The van der Waals surface area contributed by atoms with Gasteiger partial charge < -0.3 is 17.4 Å². The van der Waals surface area contributed by atoms with E-state index in [0.29, 0.717) is 0 Å². The number of benzene rings is 1. The van der Waals surface area contributed by atoms with Crippen LogP contribution in [-0.4, -0.2) is 20.4 Å². The molecule has 0 saturated heterocycles. The molecule has 1 rings (SSSR count). The summed E-state index contributed by atoms with van der Waals surface area (Å²) in [6, 6.07) is 3.82. The van der Waals surface area contributed by atoms with Crippen LogP contribution in [0.2, 0.25) is 0 Å². The predicted octanol–water partition coefficient (Wildman–Crippen LogP) is 3.33. The first-order chi connectivity index (χ1) is 7.60. The van der Waals surface area contributed by atoms with Gasteiger partial charge in [0.1, 0.15) is 5.75 Å². The number of hydrogen-bond donors (Lipinski definition) is 0. The Labute approximate surface area is 120 Å². The van der Waals surface area contributed by atoms with Crippen molar-refractivity contribution in [1.82, 2.24) is 0 Å². The van der Waals surface area contributed by atoms with Crippen molar-refractivity contribution in [3.8, 4) is 5.75 Å². The number of hydrogen-bond acceptors (Lipinski definition) is 3. The van der Waals surface area contributed by atoms with Crippen molar-refractivity contribution in [3.63, 3.8) is 0 Å². The summed E-state index contributed by atoms with van der Waals surface area (Å²) in [4.78, 5) is 4.78. The van der Waals surface area contributed by atoms with E-state index in [1.165, 1.54) is 0 Å². The summed E-state index contributed by atoms with van der Waals surface area (Å²) >= 11 is 4.39. The Kier molecular flexibility index (Phi) is 9.63. The molecule has 0 radical (unpaired) electrons. The Hall–Kier alpha value is 0.373. The zero-order valence-corrected chi connectivity index (χ0v) is 14.0. The van der Waals surface area contributed by atoms with Crippen molar-refractivity contribution in [3.05, 3.63) is 23.3 Å². The number of rotatable bonds is 2. The summed E-state index contributed by atoms with van der Waals surface area (Å²) in [5.41, 5.74) is 1.98. The number of nitrogens with zero attached hydrogens (tertiary/aromatic N) is 1. The summed E-state index contributed by atoms with van der Waals surface area (Å²) in [6.07, 6.45) is 1.75. The molecule has 0 spiro atoms. The van der Waals surface area contributed by atoms with Gasteiger partial charge >= 0.3 is 37.9 Å². The van der Waals surface area contributed by atoms with Gasteiger partial charge in [-0.1, -0.05) is 5.56 Å². The summed E-state index contributed by atoms with van der Waals surface area (Å²) in [5, 5.41) is 0. The predicted molar refractivity (Wildman–Crippen MR) is 68.6 cm³/mol. The van der Waals surface area contributed by atoms with Gasteiger partial charge in [0.15, 0.2) is 0 Å². The van der Waals surface area contributed by atoms with Crippen LogP contribution in [-0.2, 0) is 33.5 Å². The van der Waals surface area contributed by atoms with Gasteiger partial charge in [0.25, 0.3) is 0 Å². The van der Waals surface area contributed by atoms with E-state index in [1.54, 1.807) is 20.4 Å². The fraction of sp³-hybridized carbons (Fsp3) is 0.300. The molecule has 0 unspecified atom stereocenters. The van der Waals surface area contributed by atoms with Gasteiger partial charge in [0.05, 0.1) is 7.11 Å². The summed E-state index contributed by atoms with van der Waals surface area (Å²) in [6.45, 7) is 1.97. The first-order valence-electron chi connectivity index (χ1n) is 4.34. The molecular weight excluding hydrogens is 344 g/mol. The van der Waals surface area contributed by atoms with Crippen LogP contribution in [0.15, 0.2) is 22.0 Å². The van der Waals surface area contributed by atoms with Gasteiger partial charge in [-0.05, 0) is 24.6 Å². The van der Waals surface area contributed by atoms with E-state index in [2.05, 4.69) is 4.99 Å². The molecule has 88 valence electrons. The van der Waals surface area contributed by atoms with E-state index in [-0.39, 0.29) is 0 Å². The normalized spacial score (nSPS) is 9.56.